The van der Waals surface area contributed by atoms with Crippen molar-refractivity contribution in [3.63, 3.8) is 0 Å². The molecule has 0 saturated carbocycles. The summed E-state index contributed by atoms with van der Waals surface area (Å²) in [5.41, 5.74) is 2.54. The standard InChI is InChI=1S/C17H20N4OS/c1-10-3-4-12-8-15(23-14(12)7-10)17(22)18-13-5-6-16-20-19-11(2)21(16)9-13/h3-4,7,13,15H,5-6,8-9H2,1-2H3,(H,18,22)/t13-,15-/m1/s1. The van der Waals surface area contributed by atoms with Crippen molar-refractivity contribution in [1.29, 1.82) is 0 Å². The summed E-state index contributed by atoms with van der Waals surface area (Å²) in [6.45, 7) is 4.84. The van der Waals surface area contributed by atoms with Gasteiger partial charge < -0.3 is 9.88 Å². The molecule has 6 heteroatoms. The van der Waals surface area contributed by atoms with E-state index in [1.54, 1.807) is 11.8 Å². The number of carbonyl (C=O) groups excluding carboxylic acids is 1. The first-order valence-corrected chi connectivity index (χ1v) is 8.93. The van der Waals surface area contributed by atoms with E-state index in [0.717, 1.165) is 37.5 Å². The highest BCUT2D eigenvalue weighted by Crippen LogP contribution is 2.37. The number of amides is 1. The molecular formula is C17H20N4OS. The second-order valence-electron chi connectivity index (χ2n) is 6.44. The Balaban J connectivity index is 1.41. The molecule has 0 unspecified atom stereocenters. The summed E-state index contributed by atoms with van der Waals surface area (Å²) < 4.78 is 2.12. The van der Waals surface area contributed by atoms with E-state index in [9.17, 15) is 4.79 Å². The number of rotatable bonds is 2. The predicted octanol–water partition coefficient (Wildman–Crippen LogP) is 2.04. The first kappa shape index (κ1) is 14.8. The van der Waals surface area contributed by atoms with Crippen LogP contribution in [0.3, 0.4) is 0 Å². The van der Waals surface area contributed by atoms with E-state index >= 15 is 0 Å². The molecule has 1 aromatic carbocycles. The van der Waals surface area contributed by atoms with Gasteiger partial charge in [0, 0.05) is 23.9 Å². The van der Waals surface area contributed by atoms with Gasteiger partial charge >= 0.3 is 0 Å². The Bertz CT molecular complexity index is 770. The van der Waals surface area contributed by atoms with Gasteiger partial charge in [0.25, 0.3) is 0 Å². The lowest BCUT2D eigenvalue weighted by molar-refractivity contribution is -0.121. The predicted molar refractivity (Wildman–Crippen MR) is 89.5 cm³/mol. The summed E-state index contributed by atoms with van der Waals surface area (Å²) in [7, 11) is 0. The summed E-state index contributed by atoms with van der Waals surface area (Å²) in [5.74, 6) is 2.12. The second kappa shape index (κ2) is 5.67. The number of nitrogens with one attached hydrogen (secondary N) is 1. The minimum Gasteiger partial charge on any atom is -0.351 e. The van der Waals surface area contributed by atoms with Crippen molar-refractivity contribution < 1.29 is 4.79 Å². The van der Waals surface area contributed by atoms with Crippen LogP contribution in [0.2, 0.25) is 0 Å². The minimum atomic E-state index is -0.00444. The van der Waals surface area contributed by atoms with Crippen LogP contribution in [0.15, 0.2) is 23.1 Å². The Hall–Kier alpha value is -1.82. The van der Waals surface area contributed by atoms with Crippen LogP contribution in [0.1, 0.15) is 29.2 Å². The van der Waals surface area contributed by atoms with Gasteiger partial charge in [-0.1, -0.05) is 17.7 Å². The molecule has 2 aromatic rings. The molecule has 2 atom stereocenters. The van der Waals surface area contributed by atoms with E-state index in [4.69, 9.17) is 0 Å². The zero-order chi connectivity index (χ0) is 16.0. The molecular weight excluding hydrogens is 308 g/mol. The van der Waals surface area contributed by atoms with Crippen LogP contribution in [0.25, 0.3) is 0 Å². The minimum absolute atomic E-state index is 0.00444. The summed E-state index contributed by atoms with van der Waals surface area (Å²) in [5, 5.41) is 11.5. The number of nitrogens with zero attached hydrogens (tertiary/aromatic N) is 3. The molecule has 0 bridgehead atoms. The summed E-state index contributed by atoms with van der Waals surface area (Å²) in [6.07, 6.45) is 2.64. The molecule has 1 N–H and O–H groups in total. The van der Waals surface area contributed by atoms with Crippen LogP contribution >= 0.6 is 11.8 Å². The van der Waals surface area contributed by atoms with Gasteiger partial charge in [-0.25, -0.2) is 0 Å². The average Bonchev–Trinajstić information content (AvgIpc) is 3.11. The quantitative estimate of drug-likeness (QED) is 0.916. The zero-order valence-corrected chi connectivity index (χ0v) is 14.2. The van der Waals surface area contributed by atoms with Crippen molar-refractivity contribution in [1.82, 2.24) is 20.1 Å². The van der Waals surface area contributed by atoms with E-state index in [1.165, 1.54) is 16.0 Å². The number of hydrogen-bond donors (Lipinski definition) is 1. The summed E-state index contributed by atoms with van der Waals surface area (Å²) >= 11 is 1.69. The molecule has 0 aliphatic carbocycles. The Morgan fingerprint density at radius 2 is 2.22 bits per heavy atom. The van der Waals surface area contributed by atoms with Gasteiger partial charge in [-0.3, -0.25) is 4.79 Å². The fourth-order valence-electron chi connectivity index (χ4n) is 3.36. The normalized spacial score (nSPS) is 22.5. The molecule has 120 valence electrons. The van der Waals surface area contributed by atoms with Crippen LogP contribution in [0, 0.1) is 13.8 Å². The maximum Gasteiger partial charge on any atom is 0.234 e. The number of aromatic nitrogens is 3. The second-order valence-corrected chi connectivity index (χ2v) is 7.68. The van der Waals surface area contributed by atoms with Crippen molar-refractivity contribution in [3.05, 3.63) is 41.0 Å². The Morgan fingerprint density at radius 1 is 1.35 bits per heavy atom. The van der Waals surface area contributed by atoms with Gasteiger partial charge in [-0.15, -0.1) is 22.0 Å². The van der Waals surface area contributed by atoms with Crippen molar-refractivity contribution in [3.8, 4) is 0 Å². The number of hydrogen-bond acceptors (Lipinski definition) is 4. The van der Waals surface area contributed by atoms with Crippen LogP contribution in [0.4, 0.5) is 0 Å². The zero-order valence-electron chi connectivity index (χ0n) is 13.4. The van der Waals surface area contributed by atoms with Crippen molar-refractivity contribution >= 4 is 17.7 Å². The van der Waals surface area contributed by atoms with Crippen LogP contribution < -0.4 is 5.32 Å². The lowest BCUT2D eigenvalue weighted by atomic mass is 10.1. The molecule has 2 aliphatic rings. The number of aryl methyl sites for hydroxylation is 3. The maximum absolute atomic E-state index is 12.6. The molecule has 0 fully saturated rings. The Labute approximate surface area is 139 Å². The molecule has 0 saturated heterocycles. The molecule has 0 radical (unpaired) electrons. The third-order valence-electron chi connectivity index (χ3n) is 4.67. The van der Waals surface area contributed by atoms with Gasteiger partial charge in [0.15, 0.2) is 0 Å². The SMILES string of the molecule is Cc1ccc2c(c1)S[C@@H](C(=O)N[C@@H]1CCc3nnc(C)n3C1)C2. The number of benzene rings is 1. The van der Waals surface area contributed by atoms with Crippen LogP contribution in [-0.4, -0.2) is 32.0 Å². The first-order valence-electron chi connectivity index (χ1n) is 8.05. The molecule has 5 nitrogen and oxygen atoms in total. The topological polar surface area (TPSA) is 59.8 Å². The van der Waals surface area contributed by atoms with Gasteiger partial charge in [0.1, 0.15) is 11.6 Å². The van der Waals surface area contributed by atoms with Crippen molar-refractivity contribution in [2.24, 2.45) is 0 Å². The maximum atomic E-state index is 12.6. The molecule has 4 rings (SSSR count). The fourth-order valence-corrected chi connectivity index (χ4v) is 4.66. The van der Waals surface area contributed by atoms with Gasteiger partial charge in [0.2, 0.25) is 5.91 Å². The summed E-state index contributed by atoms with van der Waals surface area (Å²) in [6, 6.07) is 6.63. The number of carbonyl (C=O) groups is 1. The fraction of sp³-hybridized carbons (Fsp3) is 0.471. The van der Waals surface area contributed by atoms with Crippen molar-refractivity contribution in [2.45, 2.75) is 55.8 Å². The highest BCUT2D eigenvalue weighted by molar-refractivity contribution is 8.01. The third kappa shape index (κ3) is 2.76. The van der Waals surface area contributed by atoms with E-state index < -0.39 is 0 Å². The largest absolute Gasteiger partial charge is 0.351 e. The average molecular weight is 328 g/mol. The van der Waals surface area contributed by atoms with E-state index in [2.05, 4.69) is 45.2 Å². The molecule has 2 aliphatic heterocycles. The van der Waals surface area contributed by atoms with Gasteiger partial charge in [0.05, 0.1) is 5.25 Å². The number of thioether (sulfide) groups is 1. The molecule has 1 amide bonds. The van der Waals surface area contributed by atoms with Crippen LogP contribution in [0.5, 0.6) is 0 Å². The smallest absolute Gasteiger partial charge is 0.234 e. The lowest BCUT2D eigenvalue weighted by Crippen LogP contribution is -2.44. The highest BCUT2D eigenvalue weighted by Gasteiger charge is 2.31. The van der Waals surface area contributed by atoms with E-state index in [0.29, 0.717) is 0 Å². The van der Waals surface area contributed by atoms with Crippen molar-refractivity contribution in [2.75, 3.05) is 0 Å². The summed E-state index contributed by atoms with van der Waals surface area (Å²) in [4.78, 5) is 13.9. The van der Waals surface area contributed by atoms with E-state index in [1.807, 2.05) is 6.92 Å². The monoisotopic (exact) mass is 328 g/mol. The van der Waals surface area contributed by atoms with Crippen LogP contribution in [-0.2, 0) is 24.2 Å². The molecule has 3 heterocycles. The Kier molecular flexibility index (Phi) is 3.64. The third-order valence-corrected chi connectivity index (χ3v) is 5.97. The molecule has 23 heavy (non-hydrogen) atoms. The highest BCUT2D eigenvalue weighted by atomic mass is 32.2. The lowest BCUT2D eigenvalue weighted by Gasteiger charge is -2.26. The number of fused-ring (bicyclic) bond motifs is 2. The molecule has 0 spiro atoms. The van der Waals surface area contributed by atoms with Gasteiger partial charge in [-0.2, -0.15) is 0 Å². The Morgan fingerprint density at radius 3 is 3.09 bits per heavy atom. The van der Waals surface area contributed by atoms with Gasteiger partial charge in [-0.05, 0) is 38.3 Å². The van der Waals surface area contributed by atoms with E-state index in [-0.39, 0.29) is 17.2 Å². The molecule has 1 aromatic heterocycles. The first-order chi connectivity index (χ1) is 11.1.